The number of carbonyl (C=O) groups is 2. The molecule has 1 amide bonds. The number of hydrogen-bond donors (Lipinski definition) is 1. The number of nitrogens with one attached hydrogen (secondary N) is 1. The van der Waals surface area contributed by atoms with Crippen molar-refractivity contribution < 1.29 is 14.3 Å². The molecule has 5 heteroatoms. The van der Waals surface area contributed by atoms with Gasteiger partial charge in [-0.3, -0.25) is 4.79 Å². The fourth-order valence-corrected chi connectivity index (χ4v) is 3.12. The second-order valence-corrected chi connectivity index (χ2v) is 6.48. The van der Waals surface area contributed by atoms with Crippen LogP contribution in [0.5, 0.6) is 0 Å². The predicted octanol–water partition coefficient (Wildman–Crippen LogP) is 2.96. The number of nitrogens with zero attached hydrogens (tertiary/aromatic N) is 1. The van der Waals surface area contributed by atoms with E-state index in [-0.39, 0.29) is 11.9 Å². The van der Waals surface area contributed by atoms with Crippen molar-refractivity contribution in [3.05, 3.63) is 59.7 Å². The Morgan fingerprint density at radius 1 is 1.04 bits per heavy atom. The first-order valence-electron chi connectivity index (χ1n) is 8.98. The summed E-state index contributed by atoms with van der Waals surface area (Å²) >= 11 is 0. The van der Waals surface area contributed by atoms with E-state index < -0.39 is 0 Å². The van der Waals surface area contributed by atoms with Crippen LogP contribution >= 0.6 is 0 Å². The zero-order chi connectivity index (χ0) is 18.5. The van der Waals surface area contributed by atoms with E-state index in [1.54, 1.807) is 19.1 Å². The molecule has 0 aromatic heterocycles. The Hall–Kier alpha value is -2.66. The third kappa shape index (κ3) is 4.11. The smallest absolute Gasteiger partial charge is 0.338 e. The highest BCUT2D eigenvalue weighted by atomic mass is 16.5. The lowest BCUT2D eigenvalue weighted by atomic mass is 10.0. The quantitative estimate of drug-likeness (QED) is 0.860. The van der Waals surface area contributed by atoms with Crippen molar-refractivity contribution in [2.75, 3.05) is 26.2 Å². The van der Waals surface area contributed by atoms with Gasteiger partial charge in [-0.2, -0.15) is 0 Å². The van der Waals surface area contributed by atoms with Crippen molar-refractivity contribution in [3.63, 3.8) is 0 Å². The predicted molar refractivity (Wildman–Crippen MR) is 101 cm³/mol. The van der Waals surface area contributed by atoms with Crippen LogP contribution in [0.2, 0.25) is 0 Å². The maximum absolute atomic E-state index is 12.6. The Morgan fingerprint density at radius 2 is 1.62 bits per heavy atom. The molecule has 5 nitrogen and oxygen atoms in total. The summed E-state index contributed by atoms with van der Waals surface area (Å²) in [7, 11) is 0. The van der Waals surface area contributed by atoms with Crippen LogP contribution in [0, 0.1) is 0 Å². The lowest BCUT2D eigenvalue weighted by molar-refractivity contribution is 0.0526. The Kier molecular flexibility index (Phi) is 5.68. The SMILES string of the molecule is CCOC(=O)c1ccc(-c2ccc(C(=O)N3CCNC(C)C3)cc2)cc1. The minimum absolute atomic E-state index is 0.0718. The Labute approximate surface area is 154 Å². The van der Waals surface area contributed by atoms with Gasteiger partial charge in [-0.05, 0) is 49.2 Å². The molecule has 1 saturated heterocycles. The molecule has 1 heterocycles. The molecule has 3 rings (SSSR count). The van der Waals surface area contributed by atoms with Crippen LogP contribution in [-0.2, 0) is 4.74 Å². The molecule has 26 heavy (non-hydrogen) atoms. The van der Waals surface area contributed by atoms with Crippen molar-refractivity contribution in [1.82, 2.24) is 10.2 Å². The van der Waals surface area contributed by atoms with Crippen LogP contribution in [0.4, 0.5) is 0 Å². The Bertz CT molecular complexity index is 769. The number of amides is 1. The largest absolute Gasteiger partial charge is 0.462 e. The van der Waals surface area contributed by atoms with E-state index in [2.05, 4.69) is 12.2 Å². The molecular formula is C21H24N2O3. The van der Waals surface area contributed by atoms with Crippen molar-refractivity contribution in [2.24, 2.45) is 0 Å². The molecule has 2 aromatic rings. The van der Waals surface area contributed by atoms with Gasteiger partial charge in [-0.1, -0.05) is 24.3 Å². The van der Waals surface area contributed by atoms with E-state index in [4.69, 9.17) is 4.74 Å². The van der Waals surface area contributed by atoms with Crippen LogP contribution in [0.1, 0.15) is 34.6 Å². The standard InChI is InChI=1S/C21H24N2O3/c1-3-26-21(25)19-10-6-17(7-11-19)16-4-8-18(9-5-16)20(24)23-13-12-22-15(2)14-23/h4-11,15,22H,3,12-14H2,1-2H3. The summed E-state index contributed by atoms with van der Waals surface area (Å²) in [5.74, 6) is -0.243. The lowest BCUT2D eigenvalue weighted by Crippen LogP contribution is -2.51. The molecule has 1 aliphatic rings. The summed E-state index contributed by atoms with van der Waals surface area (Å²) in [5.41, 5.74) is 3.24. The number of hydrogen-bond acceptors (Lipinski definition) is 4. The number of esters is 1. The van der Waals surface area contributed by atoms with Gasteiger partial charge < -0.3 is 15.0 Å². The topological polar surface area (TPSA) is 58.6 Å². The fraction of sp³-hybridized carbons (Fsp3) is 0.333. The number of carbonyl (C=O) groups excluding carboxylic acids is 2. The Morgan fingerprint density at radius 3 is 2.15 bits per heavy atom. The van der Waals surface area contributed by atoms with Gasteiger partial charge in [0.2, 0.25) is 0 Å². The van der Waals surface area contributed by atoms with Gasteiger partial charge in [0.1, 0.15) is 0 Å². The molecule has 136 valence electrons. The molecule has 0 saturated carbocycles. The van der Waals surface area contributed by atoms with Crippen molar-refractivity contribution in [3.8, 4) is 11.1 Å². The highest BCUT2D eigenvalue weighted by molar-refractivity contribution is 5.95. The molecule has 1 unspecified atom stereocenters. The monoisotopic (exact) mass is 352 g/mol. The van der Waals surface area contributed by atoms with E-state index in [0.717, 1.165) is 30.8 Å². The van der Waals surface area contributed by atoms with Crippen LogP contribution in [0.15, 0.2) is 48.5 Å². The molecule has 0 spiro atoms. The van der Waals surface area contributed by atoms with Crippen molar-refractivity contribution in [2.45, 2.75) is 19.9 Å². The van der Waals surface area contributed by atoms with Crippen molar-refractivity contribution >= 4 is 11.9 Å². The Balaban J connectivity index is 1.71. The molecule has 1 atom stereocenters. The molecule has 0 bridgehead atoms. The molecular weight excluding hydrogens is 328 g/mol. The molecule has 1 N–H and O–H groups in total. The zero-order valence-electron chi connectivity index (χ0n) is 15.2. The average molecular weight is 352 g/mol. The van der Waals surface area contributed by atoms with Gasteiger partial charge in [0.25, 0.3) is 5.91 Å². The second kappa shape index (κ2) is 8.15. The number of piperazine rings is 1. The first kappa shape index (κ1) is 18.1. The van der Waals surface area contributed by atoms with Crippen LogP contribution < -0.4 is 5.32 Å². The minimum Gasteiger partial charge on any atom is -0.462 e. The van der Waals surface area contributed by atoms with E-state index >= 15 is 0 Å². The summed E-state index contributed by atoms with van der Waals surface area (Å²) < 4.78 is 5.00. The zero-order valence-corrected chi connectivity index (χ0v) is 15.2. The van der Waals surface area contributed by atoms with E-state index in [0.29, 0.717) is 23.8 Å². The maximum Gasteiger partial charge on any atom is 0.338 e. The minimum atomic E-state index is -0.315. The van der Waals surface area contributed by atoms with Gasteiger partial charge in [-0.25, -0.2) is 4.79 Å². The summed E-state index contributed by atoms with van der Waals surface area (Å²) in [5, 5.41) is 3.34. The normalized spacial score (nSPS) is 17.0. The number of ether oxygens (including phenoxy) is 1. The summed E-state index contributed by atoms with van der Waals surface area (Å²) in [6.07, 6.45) is 0. The third-order valence-electron chi connectivity index (χ3n) is 4.52. The molecule has 0 aliphatic carbocycles. The highest BCUT2D eigenvalue weighted by Crippen LogP contribution is 2.21. The summed E-state index contributed by atoms with van der Waals surface area (Å²) in [6.45, 7) is 6.54. The van der Waals surface area contributed by atoms with E-state index in [1.807, 2.05) is 41.3 Å². The first-order chi connectivity index (χ1) is 12.6. The molecule has 1 aliphatic heterocycles. The summed E-state index contributed by atoms with van der Waals surface area (Å²) in [6, 6.07) is 15.2. The second-order valence-electron chi connectivity index (χ2n) is 6.48. The van der Waals surface area contributed by atoms with Gasteiger partial charge in [-0.15, -0.1) is 0 Å². The average Bonchev–Trinajstić information content (AvgIpc) is 2.68. The van der Waals surface area contributed by atoms with E-state index in [1.165, 1.54) is 0 Å². The van der Waals surface area contributed by atoms with Gasteiger partial charge in [0.05, 0.1) is 12.2 Å². The van der Waals surface area contributed by atoms with Gasteiger partial charge in [0.15, 0.2) is 0 Å². The molecule has 0 radical (unpaired) electrons. The third-order valence-corrected chi connectivity index (χ3v) is 4.52. The first-order valence-corrected chi connectivity index (χ1v) is 8.98. The van der Waals surface area contributed by atoms with Gasteiger partial charge in [0, 0.05) is 31.2 Å². The number of rotatable bonds is 4. The lowest BCUT2D eigenvalue weighted by Gasteiger charge is -2.32. The highest BCUT2D eigenvalue weighted by Gasteiger charge is 2.21. The van der Waals surface area contributed by atoms with Gasteiger partial charge >= 0.3 is 5.97 Å². The maximum atomic E-state index is 12.6. The fourth-order valence-electron chi connectivity index (χ4n) is 3.12. The molecule has 1 fully saturated rings. The summed E-state index contributed by atoms with van der Waals surface area (Å²) in [4.78, 5) is 26.2. The van der Waals surface area contributed by atoms with Crippen LogP contribution in [-0.4, -0.2) is 49.1 Å². The van der Waals surface area contributed by atoms with E-state index in [9.17, 15) is 9.59 Å². The molecule has 2 aromatic carbocycles. The van der Waals surface area contributed by atoms with Crippen LogP contribution in [0.25, 0.3) is 11.1 Å². The van der Waals surface area contributed by atoms with Crippen molar-refractivity contribution in [1.29, 1.82) is 0 Å². The van der Waals surface area contributed by atoms with Crippen LogP contribution in [0.3, 0.4) is 0 Å². The number of benzene rings is 2.